The Morgan fingerprint density at radius 3 is 2.67 bits per heavy atom. The molecule has 1 aromatic rings. The lowest BCUT2D eigenvalue weighted by Crippen LogP contribution is -2.43. The molecule has 1 aromatic heterocycles. The number of amides is 1. The maximum Gasteiger partial charge on any atom is 0.408 e. The van der Waals surface area contributed by atoms with Gasteiger partial charge >= 0.3 is 12.1 Å². The van der Waals surface area contributed by atoms with Gasteiger partial charge in [-0.05, 0) is 33.6 Å². The zero-order valence-corrected chi connectivity index (χ0v) is 12.5. The van der Waals surface area contributed by atoms with Crippen LogP contribution in [0.5, 0.6) is 0 Å². The van der Waals surface area contributed by atoms with Crippen molar-refractivity contribution in [2.75, 3.05) is 5.73 Å². The third-order valence-corrected chi connectivity index (χ3v) is 2.63. The fraction of sp³-hybridized carbons (Fsp3) is 0.615. The van der Waals surface area contributed by atoms with Crippen LogP contribution >= 0.6 is 0 Å². The number of carbonyl (C=O) groups excluding carboxylic acids is 1. The van der Waals surface area contributed by atoms with Gasteiger partial charge in [0.2, 0.25) is 0 Å². The Morgan fingerprint density at radius 1 is 1.52 bits per heavy atom. The minimum atomic E-state index is -1.10. The first kappa shape index (κ1) is 16.8. The lowest BCUT2D eigenvalue weighted by atomic mass is 10.1. The molecule has 1 amide bonds. The molecule has 0 aliphatic carbocycles. The molecule has 0 unspecified atom stereocenters. The predicted molar refractivity (Wildman–Crippen MR) is 76.7 cm³/mol. The van der Waals surface area contributed by atoms with Crippen molar-refractivity contribution in [1.29, 1.82) is 0 Å². The molecule has 4 N–H and O–H groups in total. The van der Waals surface area contributed by atoms with Crippen LogP contribution in [-0.2, 0) is 16.1 Å². The Labute approximate surface area is 123 Å². The van der Waals surface area contributed by atoms with Crippen LogP contribution in [0.15, 0.2) is 12.4 Å². The van der Waals surface area contributed by atoms with Gasteiger partial charge in [-0.3, -0.25) is 0 Å². The van der Waals surface area contributed by atoms with Gasteiger partial charge < -0.3 is 25.5 Å². The summed E-state index contributed by atoms with van der Waals surface area (Å²) in [5.74, 6) is -0.721. The molecule has 0 fully saturated rings. The Balaban J connectivity index is 2.45. The van der Waals surface area contributed by atoms with Gasteiger partial charge in [-0.25, -0.2) is 14.6 Å². The van der Waals surface area contributed by atoms with Gasteiger partial charge in [-0.1, -0.05) is 0 Å². The number of nitrogens with two attached hydrogens (primary N) is 1. The number of nitrogen functional groups attached to an aromatic ring is 1. The smallest absolute Gasteiger partial charge is 0.408 e. The van der Waals surface area contributed by atoms with Crippen LogP contribution in [0, 0.1) is 0 Å². The molecule has 1 atom stereocenters. The van der Waals surface area contributed by atoms with Gasteiger partial charge in [-0.15, -0.1) is 0 Å². The number of aliphatic carboxylic acids is 1. The zero-order chi connectivity index (χ0) is 16.0. The number of nitrogens with one attached hydrogen (secondary N) is 1. The van der Waals surface area contributed by atoms with Crippen LogP contribution in [0.25, 0.3) is 0 Å². The monoisotopic (exact) mass is 298 g/mol. The molecule has 0 aliphatic heterocycles. The highest BCUT2D eigenvalue weighted by molar-refractivity contribution is 5.79. The highest BCUT2D eigenvalue weighted by Gasteiger charge is 2.23. The van der Waals surface area contributed by atoms with Crippen LogP contribution < -0.4 is 11.1 Å². The van der Waals surface area contributed by atoms with Crippen molar-refractivity contribution in [1.82, 2.24) is 14.9 Å². The Bertz CT molecular complexity index is 493. The van der Waals surface area contributed by atoms with E-state index in [-0.39, 0.29) is 6.42 Å². The third kappa shape index (κ3) is 6.15. The molecule has 0 saturated heterocycles. The Hall–Kier alpha value is -2.25. The number of alkyl carbamates (subject to hydrolysis) is 1. The molecule has 0 saturated carbocycles. The van der Waals surface area contributed by atoms with Crippen LogP contribution in [0.2, 0.25) is 0 Å². The van der Waals surface area contributed by atoms with Crippen molar-refractivity contribution in [3.05, 3.63) is 12.4 Å². The Kier molecular flexibility index (Phi) is 5.57. The number of carboxylic acid groups (broad SMARTS) is 1. The number of carboxylic acids is 1. The number of hydrogen-bond acceptors (Lipinski definition) is 5. The first-order valence-corrected chi connectivity index (χ1v) is 6.68. The van der Waals surface area contributed by atoms with Crippen LogP contribution in [0.4, 0.5) is 10.7 Å². The second-order valence-electron chi connectivity index (χ2n) is 5.66. The van der Waals surface area contributed by atoms with E-state index < -0.39 is 23.7 Å². The number of ether oxygens (including phenoxy) is 1. The van der Waals surface area contributed by atoms with E-state index >= 15 is 0 Å². The summed E-state index contributed by atoms with van der Waals surface area (Å²) in [5, 5.41) is 11.5. The van der Waals surface area contributed by atoms with Crippen LogP contribution in [0.3, 0.4) is 0 Å². The van der Waals surface area contributed by atoms with Crippen molar-refractivity contribution < 1.29 is 19.4 Å². The average Bonchev–Trinajstić information content (AvgIpc) is 2.71. The van der Waals surface area contributed by atoms with Gasteiger partial charge in [-0.2, -0.15) is 0 Å². The first-order chi connectivity index (χ1) is 9.69. The maximum atomic E-state index is 11.6. The van der Waals surface area contributed by atoms with E-state index in [0.29, 0.717) is 18.9 Å². The highest BCUT2D eigenvalue weighted by Crippen LogP contribution is 2.09. The summed E-state index contributed by atoms with van der Waals surface area (Å²) in [5.41, 5.74) is 4.94. The van der Waals surface area contributed by atoms with Crippen molar-refractivity contribution >= 4 is 18.0 Å². The van der Waals surface area contributed by atoms with Crippen LogP contribution in [-0.4, -0.2) is 38.4 Å². The minimum Gasteiger partial charge on any atom is -0.480 e. The first-order valence-electron chi connectivity index (χ1n) is 6.68. The topological polar surface area (TPSA) is 119 Å². The fourth-order valence-corrected chi connectivity index (χ4v) is 1.70. The minimum absolute atomic E-state index is 0.270. The molecule has 118 valence electrons. The lowest BCUT2D eigenvalue weighted by Gasteiger charge is -2.22. The molecule has 0 aromatic carbocycles. The predicted octanol–water partition coefficient (Wildman–Crippen LogP) is 1.22. The summed E-state index contributed by atoms with van der Waals surface area (Å²) in [6.45, 7) is 5.67. The maximum absolute atomic E-state index is 11.6. The molecule has 8 heteroatoms. The summed E-state index contributed by atoms with van der Waals surface area (Å²) < 4.78 is 6.76. The van der Waals surface area contributed by atoms with E-state index in [9.17, 15) is 9.59 Å². The van der Waals surface area contributed by atoms with Gasteiger partial charge in [0.25, 0.3) is 0 Å². The standard InChI is InChI=1S/C13H22N4O4/c1-13(2,3)21-12(20)16-9(10(18)19)5-4-7-17-8-6-15-11(17)14/h6,8-9H,4-5,7H2,1-3H3,(H2,14,15)(H,16,20)(H,18,19)/t9-/m1/s1. The highest BCUT2D eigenvalue weighted by atomic mass is 16.6. The molecule has 1 heterocycles. The van der Waals surface area contributed by atoms with E-state index in [2.05, 4.69) is 10.3 Å². The number of carbonyl (C=O) groups is 2. The SMILES string of the molecule is CC(C)(C)OC(=O)N[C@H](CCCn1ccnc1N)C(=O)O. The van der Waals surface area contributed by atoms with Crippen LogP contribution in [0.1, 0.15) is 33.6 Å². The third-order valence-electron chi connectivity index (χ3n) is 2.63. The summed E-state index contributed by atoms with van der Waals surface area (Å²) in [6.07, 6.45) is 3.35. The molecule has 1 rings (SSSR count). The summed E-state index contributed by atoms with van der Waals surface area (Å²) >= 11 is 0. The summed E-state index contributed by atoms with van der Waals surface area (Å²) in [7, 11) is 0. The Morgan fingerprint density at radius 2 is 2.19 bits per heavy atom. The summed E-state index contributed by atoms with van der Waals surface area (Å²) in [4.78, 5) is 26.6. The number of nitrogens with zero attached hydrogens (tertiary/aromatic N) is 2. The van der Waals surface area contributed by atoms with Gasteiger partial charge in [0.05, 0.1) is 0 Å². The number of aromatic nitrogens is 2. The number of imidazole rings is 1. The average molecular weight is 298 g/mol. The fourth-order valence-electron chi connectivity index (χ4n) is 1.70. The molecule has 0 spiro atoms. The van der Waals surface area contributed by atoms with Gasteiger partial charge in [0.15, 0.2) is 5.95 Å². The van der Waals surface area contributed by atoms with E-state index in [1.165, 1.54) is 0 Å². The van der Waals surface area contributed by atoms with Crippen molar-refractivity contribution in [2.24, 2.45) is 0 Å². The second kappa shape index (κ2) is 6.96. The molecule has 0 aliphatic rings. The number of aryl methyl sites for hydroxylation is 1. The second-order valence-corrected chi connectivity index (χ2v) is 5.66. The largest absolute Gasteiger partial charge is 0.480 e. The summed E-state index contributed by atoms with van der Waals surface area (Å²) in [6, 6.07) is -0.996. The molecule has 0 bridgehead atoms. The number of hydrogen-bond donors (Lipinski definition) is 3. The van der Waals surface area contributed by atoms with Gasteiger partial charge in [0.1, 0.15) is 11.6 Å². The molecule has 0 radical (unpaired) electrons. The molecular weight excluding hydrogens is 276 g/mol. The molecule has 21 heavy (non-hydrogen) atoms. The molecular formula is C13H22N4O4. The van der Waals surface area contributed by atoms with E-state index in [1.54, 1.807) is 37.7 Å². The van der Waals surface area contributed by atoms with Gasteiger partial charge in [0, 0.05) is 18.9 Å². The van der Waals surface area contributed by atoms with E-state index in [0.717, 1.165) is 0 Å². The van der Waals surface area contributed by atoms with E-state index in [4.69, 9.17) is 15.6 Å². The lowest BCUT2D eigenvalue weighted by molar-refractivity contribution is -0.139. The van der Waals surface area contributed by atoms with Crippen molar-refractivity contribution in [2.45, 2.75) is 51.8 Å². The molecule has 8 nitrogen and oxygen atoms in total. The van der Waals surface area contributed by atoms with Crippen molar-refractivity contribution in [3.8, 4) is 0 Å². The van der Waals surface area contributed by atoms with Crippen molar-refractivity contribution in [3.63, 3.8) is 0 Å². The van der Waals surface area contributed by atoms with E-state index in [1.807, 2.05) is 0 Å². The number of rotatable bonds is 6. The normalized spacial score (nSPS) is 12.7. The quantitative estimate of drug-likeness (QED) is 0.726. The number of anilines is 1. The zero-order valence-electron chi connectivity index (χ0n) is 12.5.